The van der Waals surface area contributed by atoms with E-state index in [1.54, 1.807) is 18.6 Å². The molecule has 10 aromatic rings. The Labute approximate surface area is 281 Å². The molecule has 7 heteroatoms. The highest BCUT2D eigenvalue weighted by molar-refractivity contribution is 6.13. The van der Waals surface area contributed by atoms with E-state index in [4.69, 9.17) is 10.1 Å². The van der Waals surface area contributed by atoms with Gasteiger partial charge in [0.15, 0.2) is 11.6 Å². The predicted octanol–water partition coefficient (Wildman–Crippen LogP) is 9.59. The first-order chi connectivity index (χ1) is 24.3. The van der Waals surface area contributed by atoms with Crippen molar-refractivity contribution >= 4 is 43.6 Å². The Morgan fingerprint density at radius 1 is 0.449 bits per heavy atom. The summed E-state index contributed by atoms with van der Waals surface area (Å²) in [4.78, 5) is 13.9. The summed E-state index contributed by atoms with van der Waals surface area (Å²) in [7, 11) is 0. The van der Waals surface area contributed by atoms with Crippen LogP contribution in [-0.4, -0.2) is 33.9 Å². The third kappa shape index (κ3) is 4.22. The number of para-hydroxylation sites is 4. The average Bonchev–Trinajstić information content (AvgIpc) is 3.87. The number of nitrogens with zero attached hydrogens (tertiary/aromatic N) is 7. The maximum Gasteiger partial charge on any atom is 0.184 e. The van der Waals surface area contributed by atoms with Crippen molar-refractivity contribution < 1.29 is 0 Å². The van der Waals surface area contributed by atoms with Crippen LogP contribution < -0.4 is 0 Å². The number of hydrogen-bond donors (Lipinski definition) is 0. The zero-order valence-electron chi connectivity index (χ0n) is 26.2. The molecule has 5 heterocycles. The molecule has 0 N–H and O–H groups in total. The molecule has 5 aromatic carbocycles. The van der Waals surface area contributed by atoms with E-state index in [-0.39, 0.29) is 0 Å². The molecular formula is C42H27N7. The van der Waals surface area contributed by atoms with Gasteiger partial charge in [-0.15, -0.1) is 5.10 Å². The van der Waals surface area contributed by atoms with Crippen LogP contribution in [0.1, 0.15) is 0 Å². The van der Waals surface area contributed by atoms with Crippen molar-refractivity contribution in [3.63, 3.8) is 0 Å². The van der Waals surface area contributed by atoms with Gasteiger partial charge in [-0.25, -0.2) is 9.67 Å². The number of pyridine rings is 2. The lowest BCUT2D eigenvalue weighted by molar-refractivity contribution is 0.883. The average molecular weight is 630 g/mol. The molecule has 49 heavy (non-hydrogen) atoms. The Bertz CT molecular complexity index is 2720. The second-order valence-electron chi connectivity index (χ2n) is 12.1. The summed E-state index contributed by atoms with van der Waals surface area (Å²) in [5, 5.41) is 9.91. The number of rotatable bonds is 5. The lowest BCUT2D eigenvalue weighted by Gasteiger charge is -2.13. The Balaban J connectivity index is 1.24. The number of benzene rings is 5. The van der Waals surface area contributed by atoms with Gasteiger partial charge >= 0.3 is 0 Å². The highest BCUT2D eigenvalue weighted by Gasteiger charge is 2.22. The SMILES string of the molecule is c1cncc(-c2nc(-c3cccc4c5ccccc5n(-c5cccc(-n6c7ccccc7c7ccccc76)c5)c34)nn2-c2cccnc2)c1. The highest BCUT2D eigenvalue weighted by Crippen LogP contribution is 2.39. The van der Waals surface area contributed by atoms with Gasteiger partial charge in [0.05, 0.1) is 34.0 Å². The van der Waals surface area contributed by atoms with E-state index in [2.05, 4.69) is 134 Å². The van der Waals surface area contributed by atoms with Crippen LogP contribution in [0, 0.1) is 0 Å². The Morgan fingerprint density at radius 2 is 1.02 bits per heavy atom. The molecule has 0 unspecified atom stereocenters. The maximum atomic E-state index is 5.18. The van der Waals surface area contributed by atoms with E-state index in [0.29, 0.717) is 11.6 Å². The Hall–Kier alpha value is -6.86. The van der Waals surface area contributed by atoms with Gasteiger partial charge in [0.2, 0.25) is 0 Å². The largest absolute Gasteiger partial charge is 0.309 e. The predicted molar refractivity (Wildman–Crippen MR) is 196 cm³/mol. The summed E-state index contributed by atoms with van der Waals surface area (Å²) >= 11 is 0. The van der Waals surface area contributed by atoms with Crippen LogP contribution in [0.3, 0.4) is 0 Å². The van der Waals surface area contributed by atoms with Gasteiger partial charge in [-0.1, -0.05) is 72.8 Å². The second kappa shape index (κ2) is 10.9. The second-order valence-corrected chi connectivity index (χ2v) is 12.1. The molecule has 0 amide bonds. The standard InChI is InChI=1S/C42H27N7/c1-4-20-37-32(15-1)33-16-2-5-21-38(33)47(37)29-12-7-13-30(25-29)48-39-22-6-3-17-34(39)35-18-8-19-36(40(35)48)41-45-42(28-11-9-23-43-26-28)49(46-41)31-14-10-24-44-27-31/h1-27H. The molecule has 0 atom stereocenters. The van der Waals surface area contributed by atoms with Crippen LogP contribution in [0.25, 0.3) is 83.4 Å². The summed E-state index contributed by atoms with van der Waals surface area (Å²) < 4.78 is 6.57. The normalized spacial score (nSPS) is 11.7. The van der Waals surface area contributed by atoms with Crippen LogP contribution in [-0.2, 0) is 0 Å². The molecule has 230 valence electrons. The summed E-state index contributed by atoms with van der Waals surface area (Å²) in [6.07, 6.45) is 7.15. The van der Waals surface area contributed by atoms with Crippen molar-refractivity contribution in [1.29, 1.82) is 0 Å². The van der Waals surface area contributed by atoms with Crippen molar-refractivity contribution in [2.75, 3.05) is 0 Å². The van der Waals surface area contributed by atoms with Crippen molar-refractivity contribution in [3.05, 3.63) is 164 Å². The smallest absolute Gasteiger partial charge is 0.184 e. The molecule has 0 aliphatic rings. The van der Waals surface area contributed by atoms with E-state index in [1.807, 2.05) is 35.1 Å². The minimum atomic E-state index is 0.621. The summed E-state index contributed by atoms with van der Waals surface area (Å²) in [5.74, 6) is 1.32. The van der Waals surface area contributed by atoms with E-state index in [9.17, 15) is 0 Å². The van der Waals surface area contributed by atoms with Gasteiger partial charge < -0.3 is 9.13 Å². The van der Waals surface area contributed by atoms with Crippen LogP contribution in [0.2, 0.25) is 0 Å². The van der Waals surface area contributed by atoms with Gasteiger partial charge in [-0.3, -0.25) is 9.97 Å². The quantitative estimate of drug-likeness (QED) is 0.190. The van der Waals surface area contributed by atoms with E-state index >= 15 is 0 Å². The number of fused-ring (bicyclic) bond motifs is 6. The highest BCUT2D eigenvalue weighted by atomic mass is 15.4. The summed E-state index contributed by atoms with van der Waals surface area (Å²) in [6, 6.07) is 48.8. The van der Waals surface area contributed by atoms with E-state index in [0.717, 1.165) is 44.6 Å². The molecule has 0 aliphatic carbocycles. The third-order valence-electron chi connectivity index (χ3n) is 9.28. The Morgan fingerprint density at radius 3 is 1.69 bits per heavy atom. The fourth-order valence-electron chi connectivity index (χ4n) is 7.21. The topological polar surface area (TPSA) is 66.3 Å². The molecule has 0 fully saturated rings. The monoisotopic (exact) mass is 629 g/mol. The molecule has 0 aliphatic heterocycles. The van der Waals surface area contributed by atoms with Gasteiger partial charge in [-0.05, 0) is 66.7 Å². The molecule has 0 saturated heterocycles. The van der Waals surface area contributed by atoms with Gasteiger partial charge in [0, 0.05) is 62.6 Å². The molecule has 5 aromatic heterocycles. The fourth-order valence-corrected chi connectivity index (χ4v) is 7.21. The van der Waals surface area contributed by atoms with Crippen molar-refractivity contribution in [3.8, 4) is 39.8 Å². The summed E-state index contributed by atoms with van der Waals surface area (Å²) in [5.41, 5.74) is 9.29. The van der Waals surface area contributed by atoms with E-state index in [1.165, 1.54) is 27.2 Å². The molecule has 0 spiro atoms. The molecule has 7 nitrogen and oxygen atoms in total. The third-order valence-corrected chi connectivity index (χ3v) is 9.28. The minimum Gasteiger partial charge on any atom is -0.309 e. The lowest BCUT2D eigenvalue weighted by Crippen LogP contribution is -2.00. The molecule has 10 rings (SSSR count). The van der Waals surface area contributed by atoms with Crippen LogP contribution >= 0.6 is 0 Å². The molecule has 0 saturated carbocycles. The fraction of sp³-hybridized carbons (Fsp3) is 0. The number of aromatic nitrogens is 7. The minimum absolute atomic E-state index is 0.621. The van der Waals surface area contributed by atoms with Crippen LogP contribution in [0.5, 0.6) is 0 Å². The van der Waals surface area contributed by atoms with E-state index < -0.39 is 0 Å². The lowest BCUT2D eigenvalue weighted by atomic mass is 10.1. The van der Waals surface area contributed by atoms with Crippen molar-refractivity contribution in [1.82, 2.24) is 33.9 Å². The van der Waals surface area contributed by atoms with Crippen LogP contribution in [0.15, 0.2) is 164 Å². The zero-order valence-corrected chi connectivity index (χ0v) is 26.2. The first kappa shape index (κ1) is 27.3. The molecule has 0 bridgehead atoms. The maximum absolute atomic E-state index is 5.18. The first-order valence-electron chi connectivity index (χ1n) is 16.2. The molecule has 0 radical (unpaired) electrons. The van der Waals surface area contributed by atoms with Crippen LogP contribution in [0.4, 0.5) is 0 Å². The Kier molecular flexibility index (Phi) is 6.04. The number of hydrogen-bond acceptors (Lipinski definition) is 4. The van der Waals surface area contributed by atoms with Gasteiger partial charge in [0.25, 0.3) is 0 Å². The van der Waals surface area contributed by atoms with Crippen molar-refractivity contribution in [2.24, 2.45) is 0 Å². The summed E-state index contributed by atoms with van der Waals surface area (Å²) in [6.45, 7) is 0. The zero-order chi connectivity index (χ0) is 32.3. The molecular weight excluding hydrogens is 603 g/mol. The van der Waals surface area contributed by atoms with Gasteiger partial charge in [-0.2, -0.15) is 0 Å². The first-order valence-corrected chi connectivity index (χ1v) is 16.2. The van der Waals surface area contributed by atoms with Gasteiger partial charge in [0.1, 0.15) is 0 Å². The van der Waals surface area contributed by atoms with Crippen molar-refractivity contribution in [2.45, 2.75) is 0 Å².